The summed E-state index contributed by atoms with van der Waals surface area (Å²) in [6, 6.07) is 21.3. The molecule has 0 aliphatic carbocycles. The lowest BCUT2D eigenvalue weighted by Crippen LogP contribution is -1.98. The maximum absolute atomic E-state index is 13.2. The van der Waals surface area contributed by atoms with Gasteiger partial charge in [-0.1, -0.05) is 147 Å². The molecule has 0 bridgehead atoms. The van der Waals surface area contributed by atoms with Gasteiger partial charge in [0, 0.05) is 0 Å². The Hall–Kier alpha value is -2.68. The van der Waals surface area contributed by atoms with Gasteiger partial charge in [-0.2, -0.15) is 0 Å². The predicted octanol–water partition coefficient (Wildman–Crippen LogP) is 13.2. The molecule has 242 valence electrons. The molecule has 0 unspecified atom stereocenters. The number of hydrogen-bond acceptors (Lipinski definition) is 1. The lowest BCUT2D eigenvalue weighted by atomic mass is 10.0. The average molecular weight is 597 g/mol. The Balaban J connectivity index is 0.000000599. The van der Waals surface area contributed by atoms with Crippen molar-refractivity contribution < 1.29 is 13.5 Å². The van der Waals surface area contributed by atoms with Crippen LogP contribution in [0.15, 0.2) is 66.7 Å². The van der Waals surface area contributed by atoms with Crippen molar-refractivity contribution in [3.8, 4) is 5.75 Å². The topological polar surface area (TPSA) is 9.23 Å². The zero-order valence-electron chi connectivity index (χ0n) is 28.6. The first-order chi connectivity index (χ1) is 20.9. The van der Waals surface area contributed by atoms with E-state index in [1.165, 1.54) is 80.9 Å². The summed E-state index contributed by atoms with van der Waals surface area (Å²) in [6.45, 7) is 15.7. The second-order valence-corrected chi connectivity index (χ2v) is 10.9. The Labute approximate surface area is 264 Å². The number of benzene rings is 3. The lowest BCUT2D eigenvalue weighted by Gasteiger charge is -2.07. The molecule has 3 aromatic rings. The number of unbranched alkanes of at least 4 members (excludes halogenated alkanes) is 9. The highest BCUT2D eigenvalue weighted by molar-refractivity contribution is 5.31. The Kier molecular flexibility index (Phi) is 26.4. The van der Waals surface area contributed by atoms with Crippen molar-refractivity contribution in [2.45, 2.75) is 138 Å². The van der Waals surface area contributed by atoms with Crippen LogP contribution in [-0.4, -0.2) is 6.61 Å². The minimum Gasteiger partial charge on any atom is -0.493 e. The standard InChI is InChI=1S/C13H18F2.C13H20.C12H18O.C2H6/c1-2-3-4-5-6-8-11-9-7-10-12(14)13(11)15;1-3-4-5-6-10-13-11-8-7-9-12(13)2;1-3-4-7-10-13-12-9-6-5-8-11(12)2;1-2/h7,9-10H,2-6,8H2,1H3;7-9,11H,3-6,10H2,1-2H3;5-6,8-9H,3-4,7,10H2,1-2H3;1-2H3. The predicted molar refractivity (Wildman–Crippen MR) is 185 cm³/mol. The van der Waals surface area contributed by atoms with Gasteiger partial charge in [-0.3, -0.25) is 0 Å². The number of aryl methyl sites for hydroxylation is 4. The van der Waals surface area contributed by atoms with Gasteiger partial charge in [-0.05, 0) is 80.3 Å². The van der Waals surface area contributed by atoms with Gasteiger partial charge in [0.15, 0.2) is 11.6 Å². The molecular weight excluding hydrogens is 534 g/mol. The van der Waals surface area contributed by atoms with Gasteiger partial charge in [0.1, 0.15) is 5.75 Å². The molecule has 0 saturated carbocycles. The quantitative estimate of drug-likeness (QED) is 0.149. The van der Waals surface area contributed by atoms with Crippen molar-refractivity contribution in [1.82, 2.24) is 0 Å². The normalized spacial score (nSPS) is 9.98. The summed E-state index contributed by atoms with van der Waals surface area (Å²) in [4.78, 5) is 0. The van der Waals surface area contributed by atoms with Gasteiger partial charge in [-0.15, -0.1) is 0 Å². The summed E-state index contributed by atoms with van der Waals surface area (Å²) in [7, 11) is 0. The molecule has 0 spiro atoms. The molecule has 0 fully saturated rings. The Morgan fingerprint density at radius 2 is 1.00 bits per heavy atom. The first-order valence-electron chi connectivity index (χ1n) is 17.1. The van der Waals surface area contributed by atoms with E-state index in [2.05, 4.69) is 65.0 Å². The largest absolute Gasteiger partial charge is 0.493 e. The van der Waals surface area contributed by atoms with Gasteiger partial charge in [0.05, 0.1) is 6.61 Å². The summed E-state index contributed by atoms with van der Waals surface area (Å²) in [6.07, 6.45) is 16.7. The van der Waals surface area contributed by atoms with E-state index in [0.717, 1.165) is 37.7 Å². The highest BCUT2D eigenvalue weighted by atomic mass is 19.2. The molecule has 3 aromatic carbocycles. The van der Waals surface area contributed by atoms with Gasteiger partial charge < -0.3 is 4.74 Å². The van der Waals surface area contributed by atoms with Crippen LogP contribution in [0.1, 0.15) is 134 Å². The molecule has 0 aliphatic rings. The fraction of sp³-hybridized carbons (Fsp3) is 0.550. The first-order valence-corrected chi connectivity index (χ1v) is 17.1. The third-order valence-corrected chi connectivity index (χ3v) is 7.24. The molecule has 3 rings (SSSR count). The summed E-state index contributed by atoms with van der Waals surface area (Å²) in [5, 5.41) is 0. The summed E-state index contributed by atoms with van der Waals surface area (Å²) < 4.78 is 31.7. The van der Waals surface area contributed by atoms with Crippen molar-refractivity contribution >= 4 is 0 Å². The van der Waals surface area contributed by atoms with E-state index in [-0.39, 0.29) is 0 Å². The molecule has 0 amide bonds. The van der Waals surface area contributed by atoms with E-state index in [1.54, 1.807) is 12.1 Å². The van der Waals surface area contributed by atoms with Crippen LogP contribution in [0.25, 0.3) is 0 Å². The fourth-order valence-corrected chi connectivity index (χ4v) is 4.55. The number of halogens is 2. The van der Waals surface area contributed by atoms with Crippen LogP contribution in [0.3, 0.4) is 0 Å². The fourth-order valence-electron chi connectivity index (χ4n) is 4.55. The van der Waals surface area contributed by atoms with Crippen molar-refractivity contribution in [2.75, 3.05) is 6.61 Å². The SMILES string of the molecule is CC.CCCCCCCc1cccc(F)c1F.CCCCCCc1ccccc1C.CCCCCOc1ccccc1C. The maximum atomic E-state index is 13.2. The van der Waals surface area contributed by atoms with Crippen LogP contribution in [-0.2, 0) is 12.8 Å². The lowest BCUT2D eigenvalue weighted by molar-refractivity contribution is 0.304. The molecule has 0 N–H and O–H groups in total. The maximum Gasteiger partial charge on any atom is 0.162 e. The third-order valence-electron chi connectivity index (χ3n) is 7.24. The molecular formula is C40H62F2O. The highest BCUT2D eigenvalue weighted by Crippen LogP contribution is 2.17. The van der Waals surface area contributed by atoms with Crippen LogP contribution in [0.2, 0.25) is 0 Å². The second-order valence-electron chi connectivity index (χ2n) is 10.9. The molecule has 1 nitrogen and oxygen atoms in total. The molecule has 0 aromatic heterocycles. The first kappa shape index (κ1) is 40.3. The molecule has 0 saturated heterocycles. The van der Waals surface area contributed by atoms with Gasteiger partial charge in [0.2, 0.25) is 0 Å². The van der Waals surface area contributed by atoms with Crippen LogP contribution < -0.4 is 4.74 Å². The van der Waals surface area contributed by atoms with E-state index in [9.17, 15) is 8.78 Å². The molecule has 3 heteroatoms. The van der Waals surface area contributed by atoms with Crippen LogP contribution in [0.4, 0.5) is 8.78 Å². The van der Waals surface area contributed by atoms with E-state index in [4.69, 9.17) is 4.74 Å². The van der Waals surface area contributed by atoms with Gasteiger partial charge >= 0.3 is 0 Å². The highest BCUT2D eigenvalue weighted by Gasteiger charge is 2.06. The molecule has 0 atom stereocenters. The number of rotatable bonds is 16. The Morgan fingerprint density at radius 3 is 1.60 bits per heavy atom. The van der Waals surface area contributed by atoms with Crippen molar-refractivity contribution in [3.63, 3.8) is 0 Å². The smallest absolute Gasteiger partial charge is 0.162 e. The monoisotopic (exact) mass is 596 g/mol. The number of ether oxygens (including phenoxy) is 1. The van der Waals surface area contributed by atoms with Crippen molar-refractivity contribution in [3.05, 3.63) is 101 Å². The third kappa shape index (κ3) is 20.0. The van der Waals surface area contributed by atoms with E-state index in [1.807, 2.05) is 32.0 Å². The minimum atomic E-state index is -0.735. The van der Waals surface area contributed by atoms with Crippen LogP contribution >= 0.6 is 0 Å². The van der Waals surface area contributed by atoms with Crippen molar-refractivity contribution in [1.29, 1.82) is 0 Å². The van der Waals surface area contributed by atoms with E-state index in [0.29, 0.717) is 12.0 Å². The molecule has 0 heterocycles. The summed E-state index contributed by atoms with van der Waals surface area (Å²) in [5.41, 5.74) is 4.70. The zero-order valence-corrected chi connectivity index (χ0v) is 28.6. The van der Waals surface area contributed by atoms with E-state index < -0.39 is 11.6 Å². The molecule has 43 heavy (non-hydrogen) atoms. The van der Waals surface area contributed by atoms with E-state index >= 15 is 0 Å². The number of para-hydroxylation sites is 1. The Bertz CT molecular complexity index is 993. The molecule has 0 aliphatic heterocycles. The van der Waals surface area contributed by atoms with Crippen LogP contribution in [0, 0.1) is 25.5 Å². The Morgan fingerprint density at radius 1 is 0.512 bits per heavy atom. The average Bonchev–Trinajstić information content (AvgIpc) is 3.03. The number of hydrogen-bond donors (Lipinski definition) is 0. The summed E-state index contributed by atoms with van der Waals surface area (Å²) in [5.74, 6) is -0.382. The van der Waals surface area contributed by atoms with Crippen molar-refractivity contribution in [2.24, 2.45) is 0 Å². The summed E-state index contributed by atoms with van der Waals surface area (Å²) >= 11 is 0. The van der Waals surface area contributed by atoms with Crippen LogP contribution in [0.5, 0.6) is 5.75 Å². The molecule has 0 radical (unpaired) electrons. The minimum absolute atomic E-state index is 0.506. The zero-order chi connectivity index (χ0) is 32.1. The van der Waals surface area contributed by atoms with Gasteiger partial charge in [-0.25, -0.2) is 8.78 Å². The second kappa shape index (κ2) is 28.1. The van der Waals surface area contributed by atoms with Gasteiger partial charge in [0.25, 0.3) is 0 Å².